The Labute approximate surface area is 70.4 Å². The molecule has 0 aromatic carbocycles. The lowest BCUT2D eigenvalue weighted by Crippen LogP contribution is -2.19. The summed E-state index contributed by atoms with van der Waals surface area (Å²) in [6.45, 7) is 3.78. The summed E-state index contributed by atoms with van der Waals surface area (Å²) in [6.07, 6.45) is 2.61. The van der Waals surface area contributed by atoms with Crippen LogP contribution in [0.5, 0.6) is 0 Å². The quantitative estimate of drug-likeness (QED) is 0.469. The first-order chi connectivity index (χ1) is 5.52. The van der Waals surface area contributed by atoms with Gasteiger partial charge in [-0.1, -0.05) is 13.8 Å². The molecule has 0 saturated heterocycles. The zero-order valence-corrected chi connectivity index (χ0v) is 7.00. The van der Waals surface area contributed by atoms with Gasteiger partial charge in [0.05, 0.1) is 0 Å². The highest BCUT2D eigenvalue weighted by Crippen LogP contribution is 2.17. The number of hydrogen-bond donors (Lipinski definition) is 1. The van der Waals surface area contributed by atoms with Gasteiger partial charge >= 0.3 is 0 Å². The van der Waals surface area contributed by atoms with E-state index in [-0.39, 0.29) is 5.92 Å². The fourth-order valence-corrected chi connectivity index (χ4v) is 0.942. The van der Waals surface area contributed by atoms with Gasteiger partial charge in [-0.2, -0.15) is 0 Å². The second-order valence-electron chi connectivity index (χ2n) is 3.02. The van der Waals surface area contributed by atoms with E-state index >= 15 is 0 Å². The van der Waals surface area contributed by atoms with Crippen LogP contribution in [0.25, 0.3) is 0 Å². The van der Waals surface area contributed by atoms with Crippen molar-refractivity contribution in [1.29, 1.82) is 0 Å². The molecule has 64 valence electrons. The average molecular weight is 166 g/mol. The van der Waals surface area contributed by atoms with Crippen molar-refractivity contribution in [2.45, 2.75) is 13.8 Å². The van der Waals surface area contributed by atoms with Crippen molar-refractivity contribution in [2.75, 3.05) is 0 Å². The Kier molecular flexibility index (Phi) is 2.13. The standard InChI is InChI=1S/C9H10O3/c1-5(2)6-3-7(10)9(12)8(11)4-6/h3-5,10H,1-2H3. The van der Waals surface area contributed by atoms with E-state index in [4.69, 9.17) is 5.11 Å². The van der Waals surface area contributed by atoms with Crippen molar-refractivity contribution in [3.05, 3.63) is 23.5 Å². The van der Waals surface area contributed by atoms with Crippen LogP contribution in [0.4, 0.5) is 0 Å². The van der Waals surface area contributed by atoms with E-state index in [1.807, 2.05) is 13.8 Å². The number of rotatable bonds is 1. The van der Waals surface area contributed by atoms with Crippen molar-refractivity contribution in [1.82, 2.24) is 0 Å². The third kappa shape index (κ3) is 1.44. The molecule has 1 N–H and O–H groups in total. The second kappa shape index (κ2) is 2.93. The molecule has 3 nitrogen and oxygen atoms in total. The normalized spacial score (nSPS) is 17.9. The molecule has 12 heavy (non-hydrogen) atoms. The first kappa shape index (κ1) is 8.71. The molecule has 0 radical (unpaired) electrons. The Hall–Kier alpha value is -1.38. The minimum Gasteiger partial charge on any atom is -0.504 e. The van der Waals surface area contributed by atoms with Crippen molar-refractivity contribution in [3.8, 4) is 0 Å². The van der Waals surface area contributed by atoms with E-state index in [1.54, 1.807) is 0 Å². The first-order valence-corrected chi connectivity index (χ1v) is 3.73. The smallest absolute Gasteiger partial charge is 0.267 e. The summed E-state index contributed by atoms with van der Waals surface area (Å²) in [6, 6.07) is 0. The number of aliphatic hydroxyl groups is 1. The lowest BCUT2D eigenvalue weighted by Gasteiger charge is -2.10. The van der Waals surface area contributed by atoms with Crippen LogP contribution < -0.4 is 0 Å². The molecule has 0 saturated carbocycles. The number of carbonyl (C=O) groups is 2. The van der Waals surface area contributed by atoms with Gasteiger partial charge in [-0.05, 0) is 23.6 Å². The minimum absolute atomic E-state index is 0.143. The molecular formula is C9H10O3. The zero-order valence-electron chi connectivity index (χ0n) is 7.00. The maximum Gasteiger partial charge on any atom is 0.267 e. The van der Waals surface area contributed by atoms with E-state index in [0.717, 1.165) is 0 Å². The van der Waals surface area contributed by atoms with Crippen LogP contribution in [-0.4, -0.2) is 16.7 Å². The summed E-state index contributed by atoms with van der Waals surface area (Å²) in [5.74, 6) is -1.77. The lowest BCUT2D eigenvalue weighted by molar-refractivity contribution is -0.133. The molecule has 0 aliphatic heterocycles. The largest absolute Gasteiger partial charge is 0.504 e. The van der Waals surface area contributed by atoms with Gasteiger partial charge < -0.3 is 5.11 Å². The SMILES string of the molecule is CC(C)C1=CC(=O)C(=O)C(O)=C1. The fraction of sp³-hybridized carbons (Fsp3) is 0.333. The van der Waals surface area contributed by atoms with Crippen LogP contribution in [0.2, 0.25) is 0 Å². The predicted molar refractivity (Wildman–Crippen MR) is 43.6 cm³/mol. The first-order valence-electron chi connectivity index (χ1n) is 3.73. The van der Waals surface area contributed by atoms with E-state index in [9.17, 15) is 9.59 Å². The summed E-state index contributed by atoms with van der Waals surface area (Å²) in [7, 11) is 0. The Morgan fingerprint density at radius 2 is 1.83 bits per heavy atom. The second-order valence-corrected chi connectivity index (χ2v) is 3.02. The summed E-state index contributed by atoms with van der Waals surface area (Å²) >= 11 is 0. The Bertz CT molecular complexity index is 295. The molecule has 0 bridgehead atoms. The average Bonchev–Trinajstić information content (AvgIpc) is 1.99. The summed E-state index contributed by atoms with van der Waals surface area (Å²) in [5, 5.41) is 9.02. The highest BCUT2D eigenvalue weighted by atomic mass is 16.3. The van der Waals surface area contributed by atoms with Gasteiger partial charge in [0.25, 0.3) is 5.78 Å². The molecule has 0 heterocycles. The van der Waals surface area contributed by atoms with Gasteiger partial charge in [0.2, 0.25) is 5.78 Å². The third-order valence-electron chi connectivity index (χ3n) is 1.72. The number of carbonyl (C=O) groups excluding carboxylic acids is 2. The van der Waals surface area contributed by atoms with E-state index in [0.29, 0.717) is 5.57 Å². The zero-order chi connectivity index (χ0) is 9.30. The molecule has 0 atom stereocenters. The van der Waals surface area contributed by atoms with Gasteiger partial charge in [0.1, 0.15) is 0 Å². The van der Waals surface area contributed by atoms with Gasteiger partial charge in [-0.3, -0.25) is 9.59 Å². The van der Waals surface area contributed by atoms with Crippen molar-refractivity contribution >= 4 is 11.6 Å². The topological polar surface area (TPSA) is 54.4 Å². The van der Waals surface area contributed by atoms with E-state index < -0.39 is 17.3 Å². The van der Waals surface area contributed by atoms with Gasteiger partial charge in [-0.25, -0.2) is 0 Å². The maximum absolute atomic E-state index is 10.9. The molecule has 1 aliphatic carbocycles. The fourth-order valence-electron chi connectivity index (χ4n) is 0.942. The van der Waals surface area contributed by atoms with Crippen LogP contribution in [0, 0.1) is 5.92 Å². The van der Waals surface area contributed by atoms with Crippen LogP contribution in [0.3, 0.4) is 0 Å². The Morgan fingerprint density at radius 3 is 2.25 bits per heavy atom. The van der Waals surface area contributed by atoms with Crippen LogP contribution in [0.1, 0.15) is 13.8 Å². The van der Waals surface area contributed by atoms with Gasteiger partial charge in [0, 0.05) is 0 Å². The van der Waals surface area contributed by atoms with E-state index in [1.165, 1.54) is 12.2 Å². The van der Waals surface area contributed by atoms with Crippen LogP contribution in [-0.2, 0) is 9.59 Å². The highest BCUT2D eigenvalue weighted by Gasteiger charge is 2.22. The maximum atomic E-state index is 10.9. The molecule has 0 unspecified atom stereocenters. The molecular weight excluding hydrogens is 156 g/mol. The summed E-state index contributed by atoms with van der Waals surface area (Å²) < 4.78 is 0. The molecule has 0 spiro atoms. The highest BCUT2D eigenvalue weighted by molar-refractivity contribution is 6.47. The van der Waals surface area contributed by atoms with Gasteiger partial charge in [0.15, 0.2) is 5.76 Å². The number of allylic oxidation sites excluding steroid dienone is 4. The molecule has 0 aromatic heterocycles. The predicted octanol–water partition coefficient (Wildman–Crippen LogP) is 1.16. The molecule has 1 rings (SSSR count). The summed E-state index contributed by atoms with van der Waals surface area (Å²) in [5.41, 5.74) is 0.692. The molecule has 0 amide bonds. The Morgan fingerprint density at radius 1 is 1.25 bits per heavy atom. The number of aliphatic hydroxyl groups excluding tert-OH is 1. The van der Waals surface area contributed by atoms with Crippen molar-refractivity contribution in [3.63, 3.8) is 0 Å². The summed E-state index contributed by atoms with van der Waals surface area (Å²) in [4.78, 5) is 21.7. The van der Waals surface area contributed by atoms with Crippen LogP contribution >= 0.6 is 0 Å². The van der Waals surface area contributed by atoms with Gasteiger partial charge in [-0.15, -0.1) is 0 Å². The van der Waals surface area contributed by atoms with Crippen LogP contribution in [0.15, 0.2) is 23.5 Å². The molecule has 0 fully saturated rings. The Balaban J connectivity index is 3.03. The number of ketones is 2. The molecule has 1 aliphatic rings. The number of Topliss-reactive ketones (excluding diaryl/α,β-unsaturated/α-hetero) is 1. The monoisotopic (exact) mass is 166 g/mol. The molecule has 0 aromatic rings. The van der Waals surface area contributed by atoms with Crippen molar-refractivity contribution in [2.24, 2.45) is 5.92 Å². The van der Waals surface area contributed by atoms with Crippen molar-refractivity contribution < 1.29 is 14.7 Å². The van der Waals surface area contributed by atoms with E-state index in [2.05, 4.69) is 0 Å². The third-order valence-corrected chi connectivity index (χ3v) is 1.72. The molecule has 3 heteroatoms. The minimum atomic E-state index is -0.820. The number of hydrogen-bond acceptors (Lipinski definition) is 3. The lowest BCUT2D eigenvalue weighted by atomic mass is 9.95.